The number of hydrogen-bond acceptors (Lipinski definition) is 4. The summed E-state index contributed by atoms with van der Waals surface area (Å²) in [5, 5.41) is 4.34. The lowest BCUT2D eigenvalue weighted by Crippen LogP contribution is -2.35. The molecule has 0 spiro atoms. The van der Waals surface area contributed by atoms with Gasteiger partial charge in [0.25, 0.3) is 0 Å². The number of aryl methyl sites for hydroxylation is 2. The molecular formula is C12H24N4O. The molecule has 1 atom stereocenters. The highest BCUT2D eigenvalue weighted by atomic mass is 16.5. The Balaban J connectivity index is 2.80. The van der Waals surface area contributed by atoms with Gasteiger partial charge in [-0.05, 0) is 20.4 Å². The fraction of sp³-hybridized carbons (Fsp3) is 0.750. The van der Waals surface area contributed by atoms with Crippen LogP contribution in [-0.4, -0.2) is 41.0 Å². The average Bonchev–Trinajstić information content (AvgIpc) is 2.51. The van der Waals surface area contributed by atoms with Crippen LogP contribution in [0.1, 0.15) is 25.1 Å². The van der Waals surface area contributed by atoms with Crippen LogP contribution in [0.2, 0.25) is 0 Å². The van der Waals surface area contributed by atoms with E-state index in [1.807, 2.05) is 14.0 Å². The third-order valence-corrected chi connectivity index (χ3v) is 3.19. The van der Waals surface area contributed by atoms with Crippen molar-refractivity contribution in [1.29, 1.82) is 0 Å². The maximum Gasteiger partial charge on any atom is 0.126 e. The molecule has 17 heavy (non-hydrogen) atoms. The summed E-state index contributed by atoms with van der Waals surface area (Å²) in [6.45, 7) is 8.83. The average molecular weight is 240 g/mol. The van der Waals surface area contributed by atoms with Gasteiger partial charge < -0.3 is 10.5 Å². The minimum Gasteiger partial charge on any atom is -0.384 e. The van der Waals surface area contributed by atoms with Gasteiger partial charge in [0, 0.05) is 32.3 Å². The van der Waals surface area contributed by atoms with Gasteiger partial charge in [-0.3, -0.25) is 9.58 Å². The molecule has 98 valence electrons. The van der Waals surface area contributed by atoms with Crippen molar-refractivity contribution in [2.45, 2.75) is 33.4 Å². The summed E-state index contributed by atoms with van der Waals surface area (Å²) >= 11 is 0. The van der Waals surface area contributed by atoms with Crippen LogP contribution in [0.5, 0.6) is 0 Å². The van der Waals surface area contributed by atoms with Crippen LogP contribution in [0.15, 0.2) is 0 Å². The van der Waals surface area contributed by atoms with Gasteiger partial charge in [0.1, 0.15) is 5.82 Å². The molecule has 1 aromatic rings. The van der Waals surface area contributed by atoms with Crippen molar-refractivity contribution in [2.24, 2.45) is 7.05 Å². The summed E-state index contributed by atoms with van der Waals surface area (Å²) < 4.78 is 6.93. The Labute approximate surface area is 104 Å². The number of nitrogen functional groups attached to an aromatic ring is 1. The quantitative estimate of drug-likeness (QED) is 0.811. The molecule has 0 radical (unpaired) electrons. The molecule has 1 heterocycles. The molecule has 2 N–H and O–H groups in total. The van der Waals surface area contributed by atoms with Crippen molar-refractivity contribution in [2.75, 3.05) is 26.0 Å². The highest BCUT2D eigenvalue weighted by Gasteiger charge is 2.17. The number of methoxy groups -OCH3 is 1. The van der Waals surface area contributed by atoms with E-state index >= 15 is 0 Å². The van der Waals surface area contributed by atoms with Crippen LogP contribution < -0.4 is 5.73 Å². The van der Waals surface area contributed by atoms with Gasteiger partial charge in [0.15, 0.2) is 0 Å². The van der Waals surface area contributed by atoms with Crippen LogP contribution in [0.3, 0.4) is 0 Å². The Morgan fingerprint density at radius 1 is 1.53 bits per heavy atom. The lowest BCUT2D eigenvalue weighted by molar-refractivity contribution is 0.0982. The maximum atomic E-state index is 6.02. The second-order valence-electron chi connectivity index (χ2n) is 4.44. The molecule has 0 aromatic carbocycles. The Morgan fingerprint density at radius 2 is 2.18 bits per heavy atom. The molecule has 0 aliphatic rings. The lowest BCUT2D eigenvalue weighted by atomic mass is 10.2. The number of hydrogen-bond donors (Lipinski definition) is 1. The number of ether oxygens (including phenoxy) is 1. The fourth-order valence-corrected chi connectivity index (χ4v) is 2.04. The molecule has 0 saturated heterocycles. The number of nitrogens with zero attached hydrogens (tertiary/aromatic N) is 3. The molecule has 5 nitrogen and oxygen atoms in total. The monoisotopic (exact) mass is 240 g/mol. The van der Waals surface area contributed by atoms with E-state index in [0.717, 1.165) is 36.8 Å². The van der Waals surface area contributed by atoms with Crippen LogP contribution >= 0.6 is 0 Å². The normalized spacial score (nSPS) is 13.3. The minimum absolute atomic E-state index is 0.379. The van der Waals surface area contributed by atoms with Crippen molar-refractivity contribution < 1.29 is 4.74 Å². The predicted molar refractivity (Wildman–Crippen MR) is 69.8 cm³/mol. The van der Waals surface area contributed by atoms with E-state index < -0.39 is 0 Å². The van der Waals surface area contributed by atoms with E-state index in [0.29, 0.717) is 6.04 Å². The second kappa shape index (κ2) is 6.02. The van der Waals surface area contributed by atoms with Crippen molar-refractivity contribution in [3.05, 3.63) is 11.3 Å². The van der Waals surface area contributed by atoms with Gasteiger partial charge in [-0.25, -0.2) is 0 Å². The van der Waals surface area contributed by atoms with E-state index in [4.69, 9.17) is 10.5 Å². The smallest absolute Gasteiger partial charge is 0.126 e. The minimum atomic E-state index is 0.379. The molecule has 0 aliphatic heterocycles. The number of aromatic nitrogens is 2. The van der Waals surface area contributed by atoms with Crippen LogP contribution in [0, 0.1) is 6.92 Å². The van der Waals surface area contributed by atoms with Crippen molar-refractivity contribution in [3.63, 3.8) is 0 Å². The van der Waals surface area contributed by atoms with E-state index in [1.54, 1.807) is 11.8 Å². The van der Waals surface area contributed by atoms with Gasteiger partial charge in [-0.1, -0.05) is 6.92 Å². The molecular weight excluding hydrogens is 216 g/mol. The highest BCUT2D eigenvalue weighted by molar-refractivity contribution is 5.42. The Morgan fingerprint density at radius 3 is 2.59 bits per heavy atom. The highest BCUT2D eigenvalue weighted by Crippen LogP contribution is 2.18. The van der Waals surface area contributed by atoms with E-state index in [9.17, 15) is 0 Å². The summed E-state index contributed by atoms with van der Waals surface area (Å²) in [6, 6.07) is 0.379. The SMILES string of the molecule is CCN(Cc1c(C)nn(C)c1N)C(C)COC. The number of rotatable bonds is 6. The zero-order valence-electron chi connectivity index (χ0n) is 11.5. The number of nitrogens with two attached hydrogens (primary N) is 1. The molecule has 0 amide bonds. The van der Waals surface area contributed by atoms with E-state index in [1.165, 1.54) is 0 Å². The summed E-state index contributed by atoms with van der Waals surface area (Å²) in [5.74, 6) is 0.755. The first-order chi connectivity index (χ1) is 8.01. The molecule has 0 saturated carbocycles. The third kappa shape index (κ3) is 3.20. The van der Waals surface area contributed by atoms with Crippen molar-refractivity contribution in [3.8, 4) is 0 Å². The first-order valence-electron chi connectivity index (χ1n) is 6.02. The van der Waals surface area contributed by atoms with E-state index in [2.05, 4.69) is 23.8 Å². The first-order valence-corrected chi connectivity index (χ1v) is 6.02. The summed E-state index contributed by atoms with van der Waals surface area (Å²) in [7, 11) is 3.61. The second-order valence-corrected chi connectivity index (χ2v) is 4.44. The topological polar surface area (TPSA) is 56.3 Å². The molecule has 0 fully saturated rings. The molecule has 1 unspecified atom stereocenters. The van der Waals surface area contributed by atoms with Crippen LogP contribution in [0.4, 0.5) is 5.82 Å². The van der Waals surface area contributed by atoms with Gasteiger partial charge in [-0.2, -0.15) is 5.10 Å². The van der Waals surface area contributed by atoms with Crippen LogP contribution in [0.25, 0.3) is 0 Å². The molecule has 5 heteroatoms. The molecule has 0 bridgehead atoms. The van der Waals surface area contributed by atoms with Gasteiger partial charge >= 0.3 is 0 Å². The predicted octanol–water partition coefficient (Wildman–Crippen LogP) is 1.17. The molecule has 1 rings (SSSR count). The van der Waals surface area contributed by atoms with Crippen LogP contribution in [-0.2, 0) is 18.3 Å². The number of anilines is 1. The summed E-state index contributed by atoms with van der Waals surface area (Å²) in [4.78, 5) is 2.34. The van der Waals surface area contributed by atoms with Crippen molar-refractivity contribution >= 4 is 5.82 Å². The Kier molecular flexibility index (Phi) is 4.96. The van der Waals surface area contributed by atoms with E-state index in [-0.39, 0.29) is 0 Å². The zero-order valence-corrected chi connectivity index (χ0v) is 11.5. The third-order valence-electron chi connectivity index (χ3n) is 3.19. The first kappa shape index (κ1) is 14.0. The van der Waals surface area contributed by atoms with Gasteiger partial charge in [0.05, 0.1) is 12.3 Å². The zero-order chi connectivity index (χ0) is 13.0. The largest absolute Gasteiger partial charge is 0.384 e. The molecule has 1 aromatic heterocycles. The Hall–Kier alpha value is -1.07. The summed E-state index contributed by atoms with van der Waals surface area (Å²) in [6.07, 6.45) is 0. The van der Waals surface area contributed by atoms with Crippen molar-refractivity contribution in [1.82, 2.24) is 14.7 Å². The van der Waals surface area contributed by atoms with Gasteiger partial charge in [-0.15, -0.1) is 0 Å². The summed E-state index contributed by atoms with van der Waals surface area (Å²) in [5.41, 5.74) is 8.15. The lowest BCUT2D eigenvalue weighted by Gasteiger charge is -2.27. The standard InChI is InChI=1S/C12H24N4O/c1-6-16(9(2)8-17-5)7-11-10(3)14-15(4)12(11)13/h9H,6-8,13H2,1-5H3. The Bertz CT molecular complexity index is 362. The maximum absolute atomic E-state index is 6.02. The number of likely N-dealkylation sites (N-methyl/N-ethyl adjacent to an activating group) is 1. The molecule has 0 aliphatic carbocycles. The van der Waals surface area contributed by atoms with Gasteiger partial charge in [0.2, 0.25) is 0 Å². The fourth-order valence-electron chi connectivity index (χ4n) is 2.04.